The van der Waals surface area contributed by atoms with Crippen molar-refractivity contribution in [3.8, 4) is 0 Å². The largest absolute Gasteiger partial charge is 0.380 e. The van der Waals surface area contributed by atoms with E-state index >= 15 is 0 Å². The Kier molecular flexibility index (Phi) is 5.58. The Hall–Kier alpha value is -2.04. The zero-order chi connectivity index (χ0) is 21.5. The van der Waals surface area contributed by atoms with Crippen LogP contribution in [0.15, 0.2) is 36.4 Å². The number of rotatable bonds is 5. The minimum Gasteiger partial charge on any atom is -0.380 e. The molecule has 0 saturated heterocycles. The summed E-state index contributed by atoms with van der Waals surface area (Å²) in [5.41, 5.74) is 5.84. The summed E-state index contributed by atoms with van der Waals surface area (Å²) in [6.07, 6.45) is 2.02. The van der Waals surface area contributed by atoms with E-state index in [0.717, 1.165) is 47.9 Å². The van der Waals surface area contributed by atoms with Gasteiger partial charge >= 0.3 is 0 Å². The highest BCUT2D eigenvalue weighted by Crippen LogP contribution is 2.68. The Morgan fingerprint density at radius 3 is 2.37 bits per heavy atom. The maximum Gasteiger partial charge on any atom is 0.228 e. The highest BCUT2D eigenvalue weighted by Gasteiger charge is 2.68. The number of benzene rings is 2. The average molecular weight is 426 g/mol. The summed E-state index contributed by atoms with van der Waals surface area (Å²) in [6, 6.07) is 12.2. The number of hydrogen-bond donors (Lipinski definition) is 3. The molecule has 3 N–H and O–H groups in total. The van der Waals surface area contributed by atoms with Gasteiger partial charge in [0.05, 0.1) is 10.7 Å². The standard InChI is InChI=1S/C25H32ClN3O/c1-24(2)22(25(24,3)4)23(30)29-18-8-5-16(6-9-18)15-28-21-19-12-14-27-13-11-17(19)7-10-20(21)26/h5-10,22,27-28H,11-15H2,1-4H3,(H,29,30). The van der Waals surface area contributed by atoms with Crippen LogP contribution in [0.2, 0.25) is 5.02 Å². The van der Waals surface area contributed by atoms with Crippen molar-refractivity contribution in [2.75, 3.05) is 23.7 Å². The number of anilines is 2. The van der Waals surface area contributed by atoms with E-state index in [-0.39, 0.29) is 22.7 Å². The number of halogens is 1. The van der Waals surface area contributed by atoms with Crippen molar-refractivity contribution in [2.24, 2.45) is 16.7 Å². The van der Waals surface area contributed by atoms with Gasteiger partial charge in [-0.25, -0.2) is 0 Å². The monoisotopic (exact) mass is 425 g/mol. The van der Waals surface area contributed by atoms with Crippen LogP contribution in [-0.4, -0.2) is 19.0 Å². The third-order valence-electron chi connectivity index (χ3n) is 7.46. The van der Waals surface area contributed by atoms with Gasteiger partial charge in [0.2, 0.25) is 5.91 Å². The third-order valence-corrected chi connectivity index (χ3v) is 7.77. The van der Waals surface area contributed by atoms with E-state index in [1.807, 2.05) is 18.2 Å². The first-order chi connectivity index (χ1) is 14.2. The van der Waals surface area contributed by atoms with E-state index in [9.17, 15) is 4.79 Å². The van der Waals surface area contributed by atoms with Gasteiger partial charge in [-0.1, -0.05) is 57.5 Å². The SMILES string of the molecule is CC1(C)C(C(=O)Nc2ccc(CNc3c(Cl)ccc4c3CCNCC4)cc2)C1(C)C. The lowest BCUT2D eigenvalue weighted by Gasteiger charge is -2.16. The fourth-order valence-electron chi connectivity index (χ4n) is 4.90. The highest BCUT2D eigenvalue weighted by atomic mass is 35.5. The van der Waals surface area contributed by atoms with Crippen LogP contribution in [0, 0.1) is 16.7 Å². The van der Waals surface area contributed by atoms with E-state index in [1.165, 1.54) is 11.1 Å². The number of amides is 1. The summed E-state index contributed by atoms with van der Waals surface area (Å²) in [7, 11) is 0. The van der Waals surface area contributed by atoms with Crippen molar-refractivity contribution in [3.05, 3.63) is 58.1 Å². The van der Waals surface area contributed by atoms with Gasteiger partial charge in [0, 0.05) is 18.2 Å². The number of carbonyl (C=O) groups is 1. The highest BCUT2D eigenvalue weighted by molar-refractivity contribution is 6.33. The molecule has 30 heavy (non-hydrogen) atoms. The molecule has 2 aromatic carbocycles. The van der Waals surface area contributed by atoms with Gasteiger partial charge in [-0.15, -0.1) is 0 Å². The molecule has 0 radical (unpaired) electrons. The van der Waals surface area contributed by atoms with Crippen molar-refractivity contribution in [1.29, 1.82) is 0 Å². The maximum atomic E-state index is 12.7. The predicted octanol–water partition coefficient (Wildman–Crippen LogP) is 5.26. The lowest BCUT2D eigenvalue weighted by molar-refractivity contribution is -0.118. The van der Waals surface area contributed by atoms with Gasteiger partial charge in [0.1, 0.15) is 0 Å². The molecule has 4 nitrogen and oxygen atoms in total. The van der Waals surface area contributed by atoms with Crippen LogP contribution in [0.1, 0.15) is 44.4 Å². The molecule has 2 aromatic rings. The Morgan fingerprint density at radius 2 is 1.70 bits per heavy atom. The van der Waals surface area contributed by atoms with Gasteiger partial charge in [-0.2, -0.15) is 0 Å². The Bertz CT molecular complexity index is 936. The van der Waals surface area contributed by atoms with E-state index in [4.69, 9.17) is 11.6 Å². The molecule has 1 saturated carbocycles. The zero-order valence-corrected chi connectivity index (χ0v) is 19.1. The van der Waals surface area contributed by atoms with Gasteiger partial charge in [0.25, 0.3) is 0 Å². The second-order valence-corrected chi connectivity index (χ2v) is 10.1. The Balaban J connectivity index is 1.40. The molecule has 0 unspecified atom stereocenters. The molecule has 5 heteroatoms. The van der Waals surface area contributed by atoms with E-state index < -0.39 is 0 Å². The van der Waals surface area contributed by atoms with Crippen LogP contribution in [0.5, 0.6) is 0 Å². The van der Waals surface area contributed by atoms with Crippen molar-refractivity contribution >= 4 is 28.9 Å². The number of carbonyl (C=O) groups excluding carboxylic acids is 1. The molecule has 0 aromatic heterocycles. The first kappa shape index (κ1) is 21.2. The molecule has 0 bridgehead atoms. The maximum absolute atomic E-state index is 12.7. The minimum absolute atomic E-state index is 0.0451. The van der Waals surface area contributed by atoms with Gasteiger partial charge < -0.3 is 16.0 Å². The molecular formula is C25H32ClN3O. The average Bonchev–Trinajstić information content (AvgIpc) is 3.23. The van der Waals surface area contributed by atoms with Gasteiger partial charge in [-0.05, 0) is 71.7 Å². The molecule has 4 rings (SSSR count). The Morgan fingerprint density at radius 1 is 1.03 bits per heavy atom. The normalized spacial score (nSPS) is 19.5. The molecule has 2 aliphatic rings. The van der Waals surface area contributed by atoms with E-state index in [1.54, 1.807) is 0 Å². The molecule has 0 atom stereocenters. The molecule has 0 spiro atoms. The molecular weight excluding hydrogens is 394 g/mol. The summed E-state index contributed by atoms with van der Waals surface area (Å²) < 4.78 is 0. The molecule has 1 amide bonds. The lowest BCUT2D eigenvalue weighted by atomic mass is 10.0. The van der Waals surface area contributed by atoms with Crippen LogP contribution < -0.4 is 16.0 Å². The van der Waals surface area contributed by atoms with E-state index in [2.05, 4.69) is 61.8 Å². The summed E-state index contributed by atoms with van der Waals surface area (Å²) in [4.78, 5) is 12.7. The van der Waals surface area contributed by atoms with Crippen molar-refractivity contribution < 1.29 is 4.79 Å². The first-order valence-electron chi connectivity index (χ1n) is 10.9. The summed E-state index contributed by atoms with van der Waals surface area (Å²) >= 11 is 6.51. The van der Waals surface area contributed by atoms with E-state index in [0.29, 0.717) is 6.54 Å². The van der Waals surface area contributed by atoms with Crippen LogP contribution in [-0.2, 0) is 24.2 Å². The fraction of sp³-hybridized carbons (Fsp3) is 0.480. The fourth-order valence-corrected chi connectivity index (χ4v) is 5.14. The second-order valence-electron chi connectivity index (χ2n) is 9.73. The third kappa shape index (κ3) is 3.83. The van der Waals surface area contributed by atoms with Gasteiger partial charge in [0.15, 0.2) is 0 Å². The molecule has 160 valence electrons. The zero-order valence-electron chi connectivity index (χ0n) is 18.4. The van der Waals surface area contributed by atoms with Crippen LogP contribution in [0.3, 0.4) is 0 Å². The molecule has 1 fully saturated rings. The predicted molar refractivity (Wildman–Crippen MR) is 125 cm³/mol. The summed E-state index contributed by atoms with van der Waals surface area (Å²) in [6.45, 7) is 11.3. The number of nitrogens with one attached hydrogen (secondary N) is 3. The van der Waals surface area contributed by atoms with Crippen LogP contribution in [0.4, 0.5) is 11.4 Å². The first-order valence-corrected chi connectivity index (χ1v) is 11.2. The lowest BCUT2D eigenvalue weighted by Crippen LogP contribution is -2.17. The molecule has 1 aliphatic carbocycles. The molecule has 1 aliphatic heterocycles. The number of fused-ring (bicyclic) bond motifs is 1. The quantitative estimate of drug-likeness (QED) is 0.612. The number of hydrogen-bond acceptors (Lipinski definition) is 3. The van der Waals surface area contributed by atoms with Crippen molar-refractivity contribution in [3.63, 3.8) is 0 Å². The van der Waals surface area contributed by atoms with Crippen LogP contribution in [0.25, 0.3) is 0 Å². The molecule has 1 heterocycles. The van der Waals surface area contributed by atoms with Crippen molar-refractivity contribution in [1.82, 2.24) is 5.32 Å². The topological polar surface area (TPSA) is 53.2 Å². The summed E-state index contributed by atoms with van der Waals surface area (Å²) in [5, 5.41) is 10.9. The van der Waals surface area contributed by atoms with Gasteiger partial charge in [-0.3, -0.25) is 4.79 Å². The summed E-state index contributed by atoms with van der Waals surface area (Å²) in [5.74, 6) is 0.166. The smallest absolute Gasteiger partial charge is 0.228 e. The minimum atomic E-state index is 0.0451. The Labute approximate surface area is 184 Å². The second kappa shape index (κ2) is 7.90. The van der Waals surface area contributed by atoms with Crippen LogP contribution >= 0.6 is 11.6 Å². The van der Waals surface area contributed by atoms with Crippen molar-refractivity contribution in [2.45, 2.75) is 47.1 Å².